The van der Waals surface area contributed by atoms with Crippen molar-refractivity contribution < 1.29 is 52.2 Å². The van der Waals surface area contributed by atoms with Crippen molar-refractivity contribution in [2.75, 3.05) is 26.4 Å². The van der Waals surface area contributed by atoms with Crippen molar-refractivity contribution in [2.24, 2.45) is 0 Å². The number of carbonyl (C=O) groups excluding carboxylic acids is 3. The molecule has 0 aliphatic carbocycles. The normalized spacial score (nSPS) is 14.1. The molecule has 0 aliphatic heterocycles. The molecule has 11 nitrogen and oxygen atoms in total. The SMILES string of the molecule is CC/C=C\C/C=C\C/C=C\CCCCCCCCCC(=O)OC(COC(=O)CCCCCCC/C=C\C/C=C\C/C=C\CC)COP(=O)(O)OCC(CO)OC(=O)CCCCCCC/C=C\CCCC. The van der Waals surface area contributed by atoms with Gasteiger partial charge in [0.1, 0.15) is 12.7 Å². The molecule has 0 heterocycles. The quantitative estimate of drug-likeness (QED) is 0.0197. The van der Waals surface area contributed by atoms with Crippen molar-refractivity contribution in [2.45, 2.75) is 238 Å². The van der Waals surface area contributed by atoms with Gasteiger partial charge in [-0.1, -0.05) is 189 Å². The molecule has 0 spiro atoms. The van der Waals surface area contributed by atoms with Gasteiger partial charge in [0, 0.05) is 19.3 Å². The molecular formula is C58H99O11P. The fourth-order valence-corrected chi connectivity index (χ4v) is 7.91. The maximum atomic E-state index is 12.9. The smallest absolute Gasteiger partial charge is 0.462 e. The first-order valence-electron chi connectivity index (χ1n) is 27.5. The average molecular weight is 1000 g/mol. The van der Waals surface area contributed by atoms with Crippen LogP contribution in [0.5, 0.6) is 0 Å². The van der Waals surface area contributed by atoms with Gasteiger partial charge in [0.05, 0.1) is 19.8 Å². The highest BCUT2D eigenvalue weighted by molar-refractivity contribution is 7.47. The van der Waals surface area contributed by atoms with E-state index >= 15 is 0 Å². The Morgan fingerprint density at radius 2 is 0.743 bits per heavy atom. The second-order valence-corrected chi connectivity index (χ2v) is 19.4. The molecule has 0 aromatic heterocycles. The van der Waals surface area contributed by atoms with Crippen LogP contribution in [0.4, 0.5) is 0 Å². The summed E-state index contributed by atoms with van der Waals surface area (Å²) >= 11 is 0. The van der Waals surface area contributed by atoms with E-state index in [0.29, 0.717) is 19.3 Å². The lowest BCUT2D eigenvalue weighted by Crippen LogP contribution is -2.30. The minimum absolute atomic E-state index is 0.149. The summed E-state index contributed by atoms with van der Waals surface area (Å²) < 4.78 is 39.4. The Bertz CT molecular complexity index is 1500. The van der Waals surface area contributed by atoms with Gasteiger partial charge in [-0.3, -0.25) is 23.4 Å². The maximum Gasteiger partial charge on any atom is 0.472 e. The minimum atomic E-state index is -4.75. The zero-order valence-electron chi connectivity index (χ0n) is 44.2. The van der Waals surface area contributed by atoms with E-state index in [-0.39, 0.29) is 25.9 Å². The molecular weight excluding hydrogens is 904 g/mol. The first-order valence-corrected chi connectivity index (χ1v) is 29.0. The number of unbranched alkanes of at least 4 members (excludes halogenated alkanes) is 19. The van der Waals surface area contributed by atoms with Crippen molar-refractivity contribution in [3.8, 4) is 0 Å². The van der Waals surface area contributed by atoms with Crippen molar-refractivity contribution >= 4 is 25.7 Å². The molecule has 0 amide bonds. The van der Waals surface area contributed by atoms with Crippen LogP contribution in [-0.4, -0.2) is 66.5 Å². The summed E-state index contributed by atoms with van der Waals surface area (Å²) in [6.07, 6.45) is 58.3. The summed E-state index contributed by atoms with van der Waals surface area (Å²) in [7, 11) is -4.75. The molecule has 3 unspecified atom stereocenters. The Morgan fingerprint density at radius 3 is 1.16 bits per heavy atom. The molecule has 0 bridgehead atoms. The topological polar surface area (TPSA) is 155 Å². The number of hydrogen-bond acceptors (Lipinski definition) is 10. The predicted molar refractivity (Wildman–Crippen MR) is 288 cm³/mol. The van der Waals surface area contributed by atoms with Gasteiger partial charge in [-0.05, 0) is 103 Å². The van der Waals surface area contributed by atoms with Gasteiger partial charge in [-0.2, -0.15) is 0 Å². The van der Waals surface area contributed by atoms with Crippen LogP contribution in [0.3, 0.4) is 0 Å². The Kier molecular flexibility index (Phi) is 49.5. The monoisotopic (exact) mass is 1000 g/mol. The summed E-state index contributed by atoms with van der Waals surface area (Å²) in [6.45, 7) is 4.33. The summed E-state index contributed by atoms with van der Waals surface area (Å²) in [5.41, 5.74) is 0. The van der Waals surface area contributed by atoms with E-state index < -0.39 is 57.8 Å². The standard InChI is InChI=1S/C58H99O11P/c1-4-7-10-13-16-19-22-24-26-27-29-31-34-37-40-43-46-49-58(62)69-55(51-65-56(60)47-44-41-38-35-33-30-28-25-23-20-17-14-11-8-5-2)53-67-70(63,64)66-52-54(50-59)68-57(61)48-45-42-39-36-32-21-18-15-12-9-6-3/h7-8,10-11,15-20,24-26,28,54-55,59H,4-6,9,12-14,21-23,27,29-53H2,1-3H3,(H,63,64)/b10-7-,11-8-,18-15-,19-16-,20-17-,26-24-,28-25-. The Morgan fingerprint density at radius 1 is 0.414 bits per heavy atom. The molecule has 0 radical (unpaired) electrons. The first-order chi connectivity index (χ1) is 34.2. The Balaban J connectivity index is 4.79. The third kappa shape index (κ3) is 49.6. The molecule has 0 fully saturated rings. The summed E-state index contributed by atoms with van der Waals surface area (Å²) in [4.78, 5) is 48.4. The van der Waals surface area contributed by atoms with Gasteiger partial charge in [-0.15, -0.1) is 0 Å². The lowest BCUT2D eigenvalue weighted by atomic mass is 10.1. The van der Waals surface area contributed by atoms with Gasteiger partial charge < -0.3 is 24.2 Å². The van der Waals surface area contributed by atoms with Crippen LogP contribution in [0.2, 0.25) is 0 Å². The molecule has 12 heteroatoms. The highest BCUT2D eigenvalue weighted by Gasteiger charge is 2.28. The van der Waals surface area contributed by atoms with Crippen LogP contribution < -0.4 is 0 Å². The number of allylic oxidation sites excluding steroid dienone is 14. The molecule has 0 rings (SSSR count). The number of hydrogen-bond donors (Lipinski definition) is 2. The Hall–Kier alpha value is -3.34. The fraction of sp³-hybridized carbons (Fsp3) is 0.707. The molecule has 0 saturated heterocycles. The number of esters is 3. The largest absolute Gasteiger partial charge is 0.472 e. The lowest BCUT2D eigenvalue weighted by Gasteiger charge is -2.21. The molecule has 70 heavy (non-hydrogen) atoms. The van der Waals surface area contributed by atoms with Crippen LogP contribution in [0.1, 0.15) is 226 Å². The van der Waals surface area contributed by atoms with Crippen molar-refractivity contribution in [3.05, 3.63) is 85.1 Å². The summed E-state index contributed by atoms with van der Waals surface area (Å²) in [6, 6.07) is 0. The molecule has 0 aromatic rings. The predicted octanol–water partition coefficient (Wildman–Crippen LogP) is 15.9. The van der Waals surface area contributed by atoms with Crippen molar-refractivity contribution in [3.63, 3.8) is 0 Å². The van der Waals surface area contributed by atoms with Crippen LogP contribution in [0.25, 0.3) is 0 Å². The molecule has 3 atom stereocenters. The number of phosphoric ester groups is 1. The number of carbonyl (C=O) groups is 3. The molecule has 0 saturated carbocycles. The lowest BCUT2D eigenvalue weighted by molar-refractivity contribution is -0.161. The highest BCUT2D eigenvalue weighted by Crippen LogP contribution is 2.43. The van der Waals surface area contributed by atoms with Gasteiger partial charge in [0.2, 0.25) is 0 Å². The fourth-order valence-electron chi connectivity index (χ4n) is 7.13. The number of rotatable bonds is 50. The highest BCUT2D eigenvalue weighted by atomic mass is 31.2. The number of aliphatic hydroxyl groups excluding tert-OH is 1. The van der Waals surface area contributed by atoms with Gasteiger partial charge in [0.25, 0.3) is 0 Å². The van der Waals surface area contributed by atoms with E-state index in [1.165, 1.54) is 19.3 Å². The van der Waals surface area contributed by atoms with Crippen LogP contribution >= 0.6 is 7.82 Å². The van der Waals surface area contributed by atoms with Gasteiger partial charge >= 0.3 is 25.7 Å². The molecule has 0 aromatic carbocycles. The van der Waals surface area contributed by atoms with E-state index in [0.717, 1.165) is 148 Å². The molecule has 402 valence electrons. The van der Waals surface area contributed by atoms with E-state index in [9.17, 15) is 28.9 Å². The van der Waals surface area contributed by atoms with Crippen LogP contribution in [-0.2, 0) is 42.2 Å². The van der Waals surface area contributed by atoms with Gasteiger partial charge in [0.15, 0.2) is 6.10 Å². The van der Waals surface area contributed by atoms with E-state index in [1.54, 1.807) is 0 Å². The van der Waals surface area contributed by atoms with Crippen LogP contribution in [0.15, 0.2) is 85.1 Å². The number of ether oxygens (including phenoxy) is 3. The summed E-state index contributed by atoms with van der Waals surface area (Å²) in [5, 5.41) is 9.78. The second-order valence-electron chi connectivity index (χ2n) is 18.0. The van der Waals surface area contributed by atoms with Crippen molar-refractivity contribution in [1.82, 2.24) is 0 Å². The van der Waals surface area contributed by atoms with Gasteiger partial charge in [-0.25, -0.2) is 4.57 Å². The summed E-state index contributed by atoms with van der Waals surface area (Å²) in [5.74, 6) is -1.51. The number of phosphoric acid groups is 1. The zero-order chi connectivity index (χ0) is 51.3. The molecule has 2 N–H and O–H groups in total. The van der Waals surface area contributed by atoms with Crippen LogP contribution in [0, 0.1) is 0 Å². The third-order valence-electron chi connectivity index (χ3n) is 11.3. The van der Waals surface area contributed by atoms with E-state index in [4.69, 9.17) is 23.3 Å². The average Bonchev–Trinajstić information content (AvgIpc) is 3.35. The zero-order valence-corrected chi connectivity index (χ0v) is 45.1. The number of aliphatic hydroxyl groups is 1. The minimum Gasteiger partial charge on any atom is -0.462 e. The van der Waals surface area contributed by atoms with Crippen molar-refractivity contribution in [1.29, 1.82) is 0 Å². The first kappa shape index (κ1) is 66.7. The third-order valence-corrected chi connectivity index (χ3v) is 12.2. The van der Waals surface area contributed by atoms with E-state index in [2.05, 4.69) is 106 Å². The Labute approximate surface area is 426 Å². The second kappa shape index (κ2) is 52.0. The molecule has 0 aliphatic rings. The van der Waals surface area contributed by atoms with E-state index in [1.807, 2.05) is 0 Å². The maximum absolute atomic E-state index is 12.9.